The van der Waals surface area contributed by atoms with E-state index in [9.17, 15) is 0 Å². The van der Waals surface area contributed by atoms with Crippen LogP contribution in [-0.2, 0) is 7.05 Å². The van der Waals surface area contributed by atoms with Gasteiger partial charge in [-0.05, 0) is 36.8 Å². The minimum atomic E-state index is 0.884. The Hall–Kier alpha value is -3.59. The predicted octanol–water partition coefficient (Wildman–Crippen LogP) is 6.29. The van der Waals surface area contributed by atoms with Gasteiger partial charge in [-0.3, -0.25) is 0 Å². The number of para-hydroxylation sites is 1. The molecule has 3 heterocycles. The van der Waals surface area contributed by atoms with E-state index >= 15 is 0 Å². The molecule has 0 spiro atoms. The molecule has 3 aromatic carbocycles. The summed E-state index contributed by atoms with van der Waals surface area (Å²) in [6.45, 7) is 2.14. The Balaban J connectivity index is 1.75. The van der Waals surface area contributed by atoms with Gasteiger partial charge in [0.1, 0.15) is 23.8 Å². The van der Waals surface area contributed by atoms with E-state index in [4.69, 9.17) is 8.83 Å². The van der Waals surface area contributed by atoms with Gasteiger partial charge in [-0.15, -0.1) is 0 Å². The van der Waals surface area contributed by atoms with Crippen molar-refractivity contribution in [2.24, 2.45) is 7.05 Å². The van der Waals surface area contributed by atoms with Crippen LogP contribution >= 0.6 is 0 Å². The van der Waals surface area contributed by atoms with Gasteiger partial charge in [0.25, 0.3) is 5.69 Å². The molecule has 0 bridgehead atoms. The zero-order valence-electron chi connectivity index (χ0n) is 15.7. The molecular weight excluding hydrogens is 346 g/mol. The summed E-state index contributed by atoms with van der Waals surface area (Å²) in [7, 11) is 2.06. The molecule has 3 heteroatoms. The normalized spacial score (nSPS) is 11.9. The molecule has 0 aliphatic carbocycles. The minimum Gasteiger partial charge on any atom is -0.456 e. The van der Waals surface area contributed by atoms with Gasteiger partial charge in [-0.2, -0.15) is 4.57 Å². The van der Waals surface area contributed by atoms with Crippen LogP contribution in [-0.4, -0.2) is 0 Å². The summed E-state index contributed by atoms with van der Waals surface area (Å²) in [6, 6.07) is 22.9. The first kappa shape index (κ1) is 15.5. The third kappa shape index (κ3) is 2.01. The standard InChI is InChI=1S/C25H18NO2/c1-15-7-3-4-8-16(15)24-25-18(11-12-26(24)2)20-14-22-19(13-23(20)28-25)17-9-5-6-10-21(17)27-22/h3-14H,1-2H3/q+1. The number of aryl methyl sites for hydroxylation is 2. The first-order chi connectivity index (χ1) is 13.7. The van der Waals surface area contributed by atoms with E-state index < -0.39 is 0 Å². The number of aromatic nitrogens is 1. The molecule has 0 saturated heterocycles. The van der Waals surface area contributed by atoms with Crippen molar-refractivity contribution in [3.05, 3.63) is 78.5 Å². The molecule has 134 valence electrons. The molecule has 0 atom stereocenters. The molecule has 0 aliphatic rings. The van der Waals surface area contributed by atoms with Gasteiger partial charge in [0.05, 0.1) is 5.56 Å². The fourth-order valence-electron chi connectivity index (χ4n) is 4.25. The lowest BCUT2D eigenvalue weighted by Gasteiger charge is -2.04. The van der Waals surface area contributed by atoms with Crippen molar-refractivity contribution in [1.82, 2.24) is 0 Å². The van der Waals surface area contributed by atoms with Crippen LogP contribution in [0.4, 0.5) is 0 Å². The molecule has 28 heavy (non-hydrogen) atoms. The van der Waals surface area contributed by atoms with Crippen LogP contribution < -0.4 is 4.57 Å². The summed E-state index contributed by atoms with van der Waals surface area (Å²) in [5, 5.41) is 4.39. The van der Waals surface area contributed by atoms with Crippen LogP contribution in [0.5, 0.6) is 0 Å². The lowest BCUT2D eigenvalue weighted by Crippen LogP contribution is -2.30. The van der Waals surface area contributed by atoms with Crippen LogP contribution in [0.1, 0.15) is 5.56 Å². The second kappa shape index (κ2) is 5.46. The molecule has 0 amide bonds. The van der Waals surface area contributed by atoms with E-state index in [2.05, 4.69) is 73.3 Å². The van der Waals surface area contributed by atoms with Crippen molar-refractivity contribution < 1.29 is 13.4 Å². The van der Waals surface area contributed by atoms with Crippen molar-refractivity contribution in [1.29, 1.82) is 0 Å². The molecule has 0 aliphatic heterocycles. The number of hydrogen-bond acceptors (Lipinski definition) is 2. The van der Waals surface area contributed by atoms with E-state index in [0.717, 1.165) is 49.6 Å². The number of pyridine rings is 1. The second-order valence-electron chi connectivity index (χ2n) is 7.38. The molecule has 0 saturated carbocycles. The Labute approximate surface area is 161 Å². The van der Waals surface area contributed by atoms with Gasteiger partial charge in [-0.25, -0.2) is 0 Å². The summed E-state index contributed by atoms with van der Waals surface area (Å²) in [5.74, 6) is 0. The molecule has 3 nitrogen and oxygen atoms in total. The second-order valence-corrected chi connectivity index (χ2v) is 7.38. The quantitative estimate of drug-likeness (QED) is 0.321. The zero-order chi connectivity index (χ0) is 18.8. The Morgan fingerprint density at radius 2 is 1.39 bits per heavy atom. The van der Waals surface area contributed by atoms with Crippen LogP contribution in [0.25, 0.3) is 55.1 Å². The highest BCUT2D eigenvalue weighted by Crippen LogP contribution is 2.38. The summed E-state index contributed by atoms with van der Waals surface area (Å²) < 4.78 is 14.7. The van der Waals surface area contributed by atoms with E-state index in [-0.39, 0.29) is 0 Å². The Bertz CT molecular complexity index is 1530. The number of rotatable bonds is 1. The average molecular weight is 364 g/mol. The zero-order valence-corrected chi connectivity index (χ0v) is 15.7. The number of hydrogen-bond donors (Lipinski definition) is 0. The molecule has 0 fully saturated rings. The number of fused-ring (bicyclic) bond motifs is 6. The van der Waals surface area contributed by atoms with Crippen LogP contribution in [0.3, 0.4) is 0 Å². The van der Waals surface area contributed by atoms with Crippen LogP contribution in [0.15, 0.2) is 81.8 Å². The largest absolute Gasteiger partial charge is 0.456 e. The van der Waals surface area contributed by atoms with Gasteiger partial charge in [0.2, 0.25) is 5.58 Å². The maximum Gasteiger partial charge on any atom is 0.256 e. The Morgan fingerprint density at radius 3 is 2.25 bits per heavy atom. The maximum absolute atomic E-state index is 6.44. The van der Waals surface area contributed by atoms with Crippen molar-refractivity contribution in [2.75, 3.05) is 0 Å². The van der Waals surface area contributed by atoms with Crippen molar-refractivity contribution in [3.8, 4) is 11.3 Å². The molecular formula is C25H18NO2+. The molecule has 6 aromatic rings. The van der Waals surface area contributed by atoms with Gasteiger partial charge in [0.15, 0.2) is 6.20 Å². The van der Waals surface area contributed by atoms with Gasteiger partial charge < -0.3 is 8.83 Å². The molecule has 0 radical (unpaired) electrons. The number of furan rings is 2. The molecule has 3 aromatic heterocycles. The van der Waals surface area contributed by atoms with E-state index in [1.165, 1.54) is 11.1 Å². The first-order valence-electron chi connectivity index (χ1n) is 9.43. The molecule has 0 unspecified atom stereocenters. The number of benzene rings is 3. The van der Waals surface area contributed by atoms with Crippen molar-refractivity contribution >= 4 is 43.9 Å². The third-order valence-electron chi connectivity index (χ3n) is 5.66. The highest BCUT2D eigenvalue weighted by Gasteiger charge is 2.22. The lowest BCUT2D eigenvalue weighted by atomic mass is 10.0. The fourth-order valence-corrected chi connectivity index (χ4v) is 4.25. The molecule has 0 N–H and O–H groups in total. The van der Waals surface area contributed by atoms with E-state index in [1.54, 1.807) is 0 Å². The van der Waals surface area contributed by atoms with Crippen LogP contribution in [0.2, 0.25) is 0 Å². The Morgan fingerprint density at radius 1 is 0.679 bits per heavy atom. The molecule has 6 rings (SSSR count). The minimum absolute atomic E-state index is 0.884. The summed E-state index contributed by atoms with van der Waals surface area (Å²) in [6.07, 6.45) is 2.10. The maximum atomic E-state index is 6.44. The monoisotopic (exact) mass is 364 g/mol. The smallest absolute Gasteiger partial charge is 0.256 e. The fraction of sp³-hybridized carbons (Fsp3) is 0.0800. The van der Waals surface area contributed by atoms with Crippen molar-refractivity contribution in [2.45, 2.75) is 6.92 Å². The summed E-state index contributed by atoms with van der Waals surface area (Å²) in [4.78, 5) is 0. The third-order valence-corrected chi connectivity index (χ3v) is 5.66. The van der Waals surface area contributed by atoms with E-state index in [0.29, 0.717) is 0 Å². The number of nitrogens with zero attached hydrogens (tertiary/aromatic N) is 1. The van der Waals surface area contributed by atoms with Gasteiger partial charge in [-0.1, -0.05) is 36.4 Å². The average Bonchev–Trinajstić information content (AvgIpc) is 3.24. The lowest BCUT2D eigenvalue weighted by molar-refractivity contribution is -0.659. The highest BCUT2D eigenvalue weighted by atomic mass is 16.3. The summed E-state index contributed by atoms with van der Waals surface area (Å²) >= 11 is 0. The predicted molar refractivity (Wildman–Crippen MR) is 112 cm³/mol. The summed E-state index contributed by atoms with van der Waals surface area (Å²) in [5.41, 5.74) is 7.09. The SMILES string of the molecule is Cc1ccccc1-c1c2oc3cc4c(cc3c2cc[n+]1C)oc1ccccc14. The van der Waals surface area contributed by atoms with Gasteiger partial charge >= 0.3 is 0 Å². The Kier molecular flexibility index (Phi) is 3.01. The highest BCUT2D eigenvalue weighted by molar-refractivity contribution is 6.15. The van der Waals surface area contributed by atoms with Crippen molar-refractivity contribution in [3.63, 3.8) is 0 Å². The topological polar surface area (TPSA) is 30.2 Å². The van der Waals surface area contributed by atoms with E-state index in [1.807, 2.05) is 18.2 Å². The first-order valence-corrected chi connectivity index (χ1v) is 9.43. The van der Waals surface area contributed by atoms with Gasteiger partial charge in [0, 0.05) is 27.6 Å². The van der Waals surface area contributed by atoms with Crippen LogP contribution in [0, 0.1) is 6.92 Å².